The van der Waals surface area contributed by atoms with Crippen LogP contribution in [0.1, 0.15) is 77.3 Å². The maximum Gasteiger partial charge on any atom is 0.131 e. The Morgan fingerprint density at radius 2 is 1.49 bits per heavy atom. The number of hydrogen-bond acceptors (Lipinski definition) is 2. The summed E-state index contributed by atoms with van der Waals surface area (Å²) < 4.78 is 43.9. The van der Waals surface area contributed by atoms with Crippen LogP contribution in [0.3, 0.4) is 0 Å². The zero-order chi connectivity index (χ0) is 27.0. The summed E-state index contributed by atoms with van der Waals surface area (Å²) in [5.41, 5.74) is 1.95. The third kappa shape index (κ3) is 8.36. The highest BCUT2D eigenvalue weighted by Crippen LogP contribution is 2.31. The fourth-order valence-electron chi connectivity index (χ4n) is 5.53. The molecule has 2 fully saturated rings. The fourth-order valence-corrected chi connectivity index (χ4v) is 5.53. The third-order valence-electron chi connectivity index (χ3n) is 7.51. The van der Waals surface area contributed by atoms with E-state index in [2.05, 4.69) is 16.4 Å². The second-order valence-corrected chi connectivity index (χ2v) is 11.0. The lowest BCUT2D eigenvalue weighted by Gasteiger charge is -2.34. The van der Waals surface area contributed by atoms with E-state index in [-0.39, 0.29) is 11.4 Å². The summed E-state index contributed by atoms with van der Waals surface area (Å²) in [6, 6.07) is 10.2. The van der Waals surface area contributed by atoms with E-state index in [0.29, 0.717) is 18.0 Å². The molecule has 0 saturated carbocycles. The van der Waals surface area contributed by atoms with Crippen molar-refractivity contribution in [2.24, 2.45) is 5.92 Å². The number of benzene rings is 2. The van der Waals surface area contributed by atoms with Gasteiger partial charge < -0.3 is 9.80 Å². The lowest BCUT2D eigenvalue weighted by atomic mass is 9.89. The minimum Gasteiger partial charge on any atom is -0.372 e. The molecule has 4 rings (SSSR count). The number of alkyl halides is 1. The van der Waals surface area contributed by atoms with Crippen LogP contribution in [0.2, 0.25) is 0 Å². The van der Waals surface area contributed by atoms with Gasteiger partial charge in [0.05, 0.1) is 0 Å². The van der Waals surface area contributed by atoms with Crippen molar-refractivity contribution in [1.82, 2.24) is 9.80 Å². The molecule has 0 bridgehead atoms. The molecule has 0 aliphatic carbocycles. The molecule has 0 amide bonds. The molecule has 2 aromatic rings. The molecule has 0 radical (unpaired) electrons. The van der Waals surface area contributed by atoms with Gasteiger partial charge in [-0.1, -0.05) is 44.7 Å². The zero-order valence-corrected chi connectivity index (χ0v) is 23.3. The fraction of sp³-hybridized carbons (Fsp3) is 0.562. The van der Waals surface area contributed by atoms with E-state index in [0.717, 1.165) is 81.5 Å². The molecule has 2 saturated heterocycles. The van der Waals surface area contributed by atoms with Crippen LogP contribution in [0.15, 0.2) is 43.0 Å². The standard InChI is InChI=1S/C30H39F3N2.C2H6/c1-22(35-15-5-4-6-16-35)25-10-12-27(29(32)20-25)26-11-9-24(19-28(26)31)8-7-23-13-17-34(18-14-23)21-30(2,3)33;1-2/h9-12,19-20,23H,1,4-8,13-18,21H2,2-3H3;1-2H3. The van der Waals surface area contributed by atoms with Gasteiger partial charge in [-0.05, 0) is 95.5 Å². The van der Waals surface area contributed by atoms with Gasteiger partial charge in [-0.3, -0.25) is 0 Å². The molecule has 37 heavy (non-hydrogen) atoms. The quantitative estimate of drug-likeness (QED) is 0.348. The Hall–Kier alpha value is -2.27. The van der Waals surface area contributed by atoms with E-state index in [9.17, 15) is 4.39 Å². The molecule has 2 heterocycles. The summed E-state index contributed by atoms with van der Waals surface area (Å²) in [6.07, 6.45) is 7.39. The Bertz CT molecular complexity index is 1010. The number of aryl methyl sites for hydroxylation is 1. The van der Waals surface area contributed by atoms with Gasteiger partial charge in [-0.25, -0.2) is 13.2 Å². The van der Waals surface area contributed by atoms with Crippen molar-refractivity contribution in [1.29, 1.82) is 0 Å². The molecular formula is C32H45F3N2. The first-order valence-electron chi connectivity index (χ1n) is 14.1. The monoisotopic (exact) mass is 514 g/mol. The predicted molar refractivity (Wildman–Crippen MR) is 150 cm³/mol. The largest absolute Gasteiger partial charge is 0.372 e. The van der Waals surface area contributed by atoms with Gasteiger partial charge in [0.25, 0.3) is 0 Å². The summed E-state index contributed by atoms with van der Waals surface area (Å²) >= 11 is 0. The van der Waals surface area contributed by atoms with E-state index in [4.69, 9.17) is 0 Å². The summed E-state index contributed by atoms with van der Waals surface area (Å²) in [6.45, 7) is 15.7. The Kier molecular flexibility index (Phi) is 10.7. The van der Waals surface area contributed by atoms with E-state index >= 15 is 8.78 Å². The third-order valence-corrected chi connectivity index (χ3v) is 7.51. The van der Waals surface area contributed by atoms with Crippen LogP contribution < -0.4 is 0 Å². The number of piperidine rings is 2. The van der Waals surface area contributed by atoms with Crippen molar-refractivity contribution in [2.75, 3.05) is 32.7 Å². The van der Waals surface area contributed by atoms with Crippen molar-refractivity contribution >= 4 is 5.70 Å². The molecule has 0 aromatic heterocycles. The molecule has 2 aromatic carbocycles. The van der Waals surface area contributed by atoms with Crippen LogP contribution in [-0.4, -0.2) is 48.2 Å². The van der Waals surface area contributed by atoms with E-state index in [1.165, 1.54) is 12.5 Å². The summed E-state index contributed by atoms with van der Waals surface area (Å²) in [4.78, 5) is 4.41. The molecule has 0 unspecified atom stereocenters. The van der Waals surface area contributed by atoms with Gasteiger partial charge in [-0.2, -0.15) is 0 Å². The number of hydrogen-bond donors (Lipinski definition) is 0. The normalized spacial score (nSPS) is 17.3. The number of rotatable bonds is 8. The van der Waals surface area contributed by atoms with Crippen LogP contribution in [-0.2, 0) is 6.42 Å². The molecule has 0 spiro atoms. The average Bonchev–Trinajstić information content (AvgIpc) is 2.89. The highest BCUT2D eigenvalue weighted by atomic mass is 19.1. The Morgan fingerprint density at radius 3 is 2.05 bits per heavy atom. The maximum atomic E-state index is 15.0. The second kappa shape index (κ2) is 13.5. The van der Waals surface area contributed by atoms with E-state index in [1.807, 2.05) is 26.0 Å². The second-order valence-electron chi connectivity index (χ2n) is 11.0. The van der Waals surface area contributed by atoms with Crippen LogP contribution in [0.25, 0.3) is 16.8 Å². The first-order chi connectivity index (χ1) is 17.7. The summed E-state index contributed by atoms with van der Waals surface area (Å²) in [5.74, 6) is -0.228. The van der Waals surface area contributed by atoms with Crippen molar-refractivity contribution in [3.63, 3.8) is 0 Å². The van der Waals surface area contributed by atoms with Crippen molar-refractivity contribution in [3.05, 3.63) is 65.7 Å². The van der Waals surface area contributed by atoms with Crippen LogP contribution in [0.4, 0.5) is 13.2 Å². The van der Waals surface area contributed by atoms with Gasteiger partial charge in [-0.15, -0.1) is 0 Å². The minimum atomic E-state index is -1.16. The summed E-state index contributed by atoms with van der Waals surface area (Å²) in [5, 5.41) is 0. The first kappa shape index (κ1) is 29.3. The van der Waals surface area contributed by atoms with Crippen LogP contribution >= 0.6 is 0 Å². The molecule has 2 aliphatic heterocycles. The topological polar surface area (TPSA) is 6.48 Å². The van der Waals surface area contributed by atoms with Gasteiger partial charge in [0.1, 0.15) is 17.3 Å². The number of halogens is 3. The molecule has 0 atom stereocenters. The lowest BCUT2D eigenvalue weighted by Crippen LogP contribution is -2.41. The number of nitrogens with zero attached hydrogens (tertiary/aromatic N) is 2. The Balaban J connectivity index is 0.00000186. The van der Waals surface area contributed by atoms with Crippen molar-refractivity contribution in [2.45, 2.75) is 78.3 Å². The van der Waals surface area contributed by atoms with Gasteiger partial charge in [0, 0.05) is 42.0 Å². The smallest absolute Gasteiger partial charge is 0.131 e. The van der Waals surface area contributed by atoms with Crippen LogP contribution in [0, 0.1) is 17.6 Å². The van der Waals surface area contributed by atoms with Crippen molar-refractivity contribution in [3.8, 4) is 11.1 Å². The molecule has 2 nitrogen and oxygen atoms in total. The van der Waals surface area contributed by atoms with Gasteiger partial charge in [0.2, 0.25) is 0 Å². The number of likely N-dealkylation sites (tertiary alicyclic amines) is 2. The van der Waals surface area contributed by atoms with E-state index < -0.39 is 11.5 Å². The maximum absolute atomic E-state index is 15.0. The zero-order valence-electron chi connectivity index (χ0n) is 23.3. The van der Waals surface area contributed by atoms with E-state index in [1.54, 1.807) is 32.0 Å². The Labute approximate surface area is 222 Å². The van der Waals surface area contributed by atoms with Crippen LogP contribution in [0.5, 0.6) is 0 Å². The highest BCUT2D eigenvalue weighted by Gasteiger charge is 2.25. The minimum absolute atomic E-state index is 0.285. The molecule has 0 N–H and O–H groups in total. The first-order valence-corrected chi connectivity index (χ1v) is 14.1. The predicted octanol–water partition coefficient (Wildman–Crippen LogP) is 8.51. The molecule has 204 valence electrons. The van der Waals surface area contributed by atoms with Crippen molar-refractivity contribution < 1.29 is 13.2 Å². The molecule has 5 heteroatoms. The highest BCUT2D eigenvalue weighted by molar-refractivity contribution is 5.70. The SMILES string of the molecule is C=C(c1ccc(-c2ccc(CCC3CCN(CC(C)(C)F)CC3)cc2F)c(F)c1)N1CCCCC1.CC. The lowest BCUT2D eigenvalue weighted by molar-refractivity contribution is 0.0943. The Morgan fingerprint density at radius 1 is 0.892 bits per heavy atom. The molecular weight excluding hydrogens is 469 g/mol. The van der Waals surface area contributed by atoms with Gasteiger partial charge in [0.15, 0.2) is 0 Å². The summed E-state index contributed by atoms with van der Waals surface area (Å²) in [7, 11) is 0. The molecule has 2 aliphatic rings. The average molecular weight is 515 g/mol. The van der Waals surface area contributed by atoms with Gasteiger partial charge >= 0.3 is 0 Å².